The zero-order valence-corrected chi connectivity index (χ0v) is 13.0. The Kier molecular flexibility index (Phi) is 8.79. The van der Waals surface area contributed by atoms with Crippen LogP contribution in [0.15, 0.2) is 0 Å². The van der Waals surface area contributed by atoms with Crippen molar-refractivity contribution in [1.82, 2.24) is 5.32 Å². The Morgan fingerprint density at radius 1 is 0.833 bits per heavy atom. The summed E-state index contributed by atoms with van der Waals surface area (Å²) in [6.45, 7) is 2.07. The number of hydrogen-bond acceptors (Lipinski definition) is 2. The fourth-order valence-corrected chi connectivity index (χ4v) is 1.68. The fraction of sp³-hybridized carbons (Fsp3) is 1.00. The minimum Gasteiger partial charge on any atom is -0.303 e. The van der Waals surface area contributed by atoms with E-state index in [-0.39, 0.29) is 0 Å². The molecule has 0 saturated carbocycles. The molecule has 0 aromatic rings. The maximum atomic E-state index is 12.7. The number of nitrogens with one attached hydrogen (secondary N) is 1. The standard InChI is InChI=1S/C9H12F9N.H3O4P/c1-5(2)19-6(9(16,17)18,3-7(10,11)12)4-8(13,14)15;1-5(2,3)4/h5,19H,3-4H2,1-2H3;(H3,1,2,3,4). The van der Waals surface area contributed by atoms with E-state index in [1.807, 2.05) is 0 Å². The smallest absolute Gasteiger partial charge is 0.303 e. The van der Waals surface area contributed by atoms with E-state index in [0.717, 1.165) is 13.8 Å². The number of hydrogen-bond donors (Lipinski definition) is 4. The maximum Gasteiger partial charge on any atom is 0.466 e. The molecule has 0 heterocycles. The Hall–Kier alpha value is -0.560. The van der Waals surface area contributed by atoms with E-state index in [4.69, 9.17) is 19.2 Å². The SMILES string of the molecule is CC(C)NC(CC(F)(F)F)(CC(F)(F)F)C(F)(F)F.O=P(O)(O)O. The van der Waals surface area contributed by atoms with E-state index >= 15 is 0 Å². The van der Waals surface area contributed by atoms with E-state index in [0.29, 0.717) is 0 Å². The molecule has 0 atom stereocenters. The van der Waals surface area contributed by atoms with E-state index in [2.05, 4.69) is 0 Å². The van der Waals surface area contributed by atoms with Gasteiger partial charge in [0.15, 0.2) is 0 Å². The van der Waals surface area contributed by atoms with Gasteiger partial charge < -0.3 is 20.0 Å². The van der Waals surface area contributed by atoms with E-state index in [1.165, 1.54) is 5.32 Å². The van der Waals surface area contributed by atoms with Crippen molar-refractivity contribution in [3.63, 3.8) is 0 Å². The summed E-state index contributed by atoms with van der Waals surface area (Å²) in [7, 11) is -4.64. The molecule has 0 aliphatic rings. The largest absolute Gasteiger partial charge is 0.466 e. The van der Waals surface area contributed by atoms with E-state index in [9.17, 15) is 39.5 Å². The van der Waals surface area contributed by atoms with Crippen LogP contribution in [-0.4, -0.2) is 44.8 Å². The predicted octanol–water partition coefficient (Wildman–Crippen LogP) is 3.26. The molecule has 4 N–H and O–H groups in total. The Labute approximate surface area is 130 Å². The average Bonchev–Trinajstić information content (AvgIpc) is 2.03. The van der Waals surface area contributed by atoms with Crippen molar-refractivity contribution < 1.29 is 58.8 Å². The minimum absolute atomic E-state index is 1.03. The summed E-state index contributed by atoms with van der Waals surface area (Å²) in [5, 5.41) is 1.38. The van der Waals surface area contributed by atoms with Gasteiger partial charge in [-0.05, 0) is 0 Å². The van der Waals surface area contributed by atoms with Gasteiger partial charge in [0.25, 0.3) is 0 Å². The summed E-state index contributed by atoms with van der Waals surface area (Å²) in [5.41, 5.74) is -4.07. The van der Waals surface area contributed by atoms with Crippen LogP contribution in [0, 0.1) is 0 Å². The van der Waals surface area contributed by atoms with Gasteiger partial charge in [0.2, 0.25) is 0 Å². The van der Waals surface area contributed by atoms with Crippen molar-refractivity contribution in [3.8, 4) is 0 Å². The molecule has 0 aliphatic carbocycles. The molecule has 0 radical (unpaired) electrons. The summed E-state index contributed by atoms with van der Waals surface area (Å²) in [6.07, 6.45) is -21.7. The first-order valence-electron chi connectivity index (χ1n) is 5.84. The summed E-state index contributed by atoms with van der Waals surface area (Å²) in [6, 6.07) is -1.20. The van der Waals surface area contributed by atoms with Crippen LogP contribution in [-0.2, 0) is 4.57 Å². The van der Waals surface area contributed by atoms with Crippen LogP contribution >= 0.6 is 7.82 Å². The van der Waals surface area contributed by atoms with Crippen molar-refractivity contribution >= 4 is 7.82 Å². The van der Waals surface area contributed by atoms with Gasteiger partial charge in [-0.2, -0.15) is 39.5 Å². The van der Waals surface area contributed by atoms with Crippen LogP contribution in [0.3, 0.4) is 0 Å². The minimum atomic E-state index is -5.69. The van der Waals surface area contributed by atoms with Gasteiger partial charge >= 0.3 is 26.4 Å². The zero-order valence-electron chi connectivity index (χ0n) is 12.1. The van der Waals surface area contributed by atoms with Crippen LogP contribution in [0.5, 0.6) is 0 Å². The van der Waals surface area contributed by atoms with Gasteiger partial charge in [0, 0.05) is 6.04 Å². The molecular weight excluding hydrogens is 388 g/mol. The third-order valence-corrected chi connectivity index (χ3v) is 2.11. The summed E-state index contributed by atoms with van der Waals surface area (Å²) in [5.74, 6) is 0. The molecule has 0 aromatic carbocycles. The maximum absolute atomic E-state index is 12.7. The van der Waals surface area contributed by atoms with Crippen LogP contribution in [0.25, 0.3) is 0 Å². The molecule has 5 nitrogen and oxygen atoms in total. The Balaban J connectivity index is 0. The van der Waals surface area contributed by atoms with Crippen molar-refractivity contribution in [2.75, 3.05) is 0 Å². The highest BCUT2D eigenvalue weighted by atomic mass is 31.2. The Bertz CT molecular complexity index is 402. The molecule has 0 unspecified atom stereocenters. The van der Waals surface area contributed by atoms with Crippen molar-refractivity contribution in [2.24, 2.45) is 0 Å². The highest BCUT2D eigenvalue weighted by Crippen LogP contribution is 2.45. The van der Waals surface area contributed by atoms with E-state index in [1.54, 1.807) is 0 Å². The van der Waals surface area contributed by atoms with Crippen molar-refractivity contribution in [1.29, 1.82) is 0 Å². The topological polar surface area (TPSA) is 89.8 Å². The molecule has 0 spiro atoms. The summed E-state index contributed by atoms with van der Waals surface area (Å²) < 4.78 is 120. The second-order valence-electron chi connectivity index (χ2n) is 4.98. The predicted molar refractivity (Wildman–Crippen MR) is 62.7 cm³/mol. The van der Waals surface area contributed by atoms with Gasteiger partial charge in [0.05, 0.1) is 12.8 Å². The fourth-order valence-electron chi connectivity index (χ4n) is 1.68. The van der Waals surface area contributed by atoms with E-state index < -0.39 is 50.8 Å². The molecule has 148 valence electrons. The van der Waals surface area contributed by atoms with Crippen LogP contribution < -0.4 is 5.32 Å². The molecule has 0 saturated heterocycles. The van der Waals surface area contributed by atoms with Gasteiger partial charge in [-0.15, -0.1) is 0 Å². The number of alkyl halides is 9. The first-order chi connectivity index (χ1) is 10.1. The lowest BCUT2D eigenvalue weighted by Crippen LogP contribution is -2.62. The second kappa shape index (κ2) is 8.21. The third kappa shape index (κ3) is 13.8. The lowest BCUT2D eigenvalue weighted by atomic mass is 9.88. The molecule has 0 amide bonds. The average molecular weight is 403 g/mol. The number of rotatable bonds is 4. The van der Waals surface area contributed by atoms with Crippen molar-refractivity contribution in [2.45, 2.75) is 56.8 Å². The molecular formula is C9H15F9NO4P. The molecule has 15 heteroatoms. The van der Waals surface area contributed by atoms with Gasteiger partial charge in [-0.3, -0.25) is 0 Å². The zero-order chi connectivity index (χ0) is 20.2. The molecule has 0 aliphatic heterocycles. The molecule has 24 heavy (non-hydrogen) atoms. The van der Waals surface area contributed by atoms with Crippen LogP contribution in [0.1, 0.15) is 26.7 Å². The first-order valence-corrected chi connectivity index (χ1v) is 7.41. The van der Waals surface area contributed by atoms with Crippen LogP contribution in [0.4, 0.5) is 39.5 Å². The van der Waals surface area contributed by atoms with Gasteiger partial charge in [0.1, 0.15) is 5.54 Å². The lowest BCUT2D eigenvalue weighted by Gasteiger charge is -2.39. The number of phosphoric acid groups is 1. The van der Waals surface area contributed by atoms with Gasteiger partial charge in [-0.25, -0.2) is 4.57 Å². The monoisotopic (exact) mass is 403 g/mol. The van der Waals surface area contributed by atoms with Crippen LogP contribution in [0.2, 0.25) is 0 Å². The Morgan fingerprint density at radius 2 is 1.08 bits per heavy atom. The molecule has 0 fully saturated rings. The van der Waals surface area contributed by atoms with Gasteiger partial charge in [-0.1, -0.05) is 13.8 Å². The van der Waals surface area contributed by atoms with Crippen molar-refractivity contribution in [3.05, 3.63) is 0 Å². The lowest BCUT2D eigenvalue weighted by molar-refractivity contribution is -0.268. The second-order valence-corrected chi connectivity index (χ2v) is 6.00. The quantitative estimate of drug-likeness (QED) is 0.428. The normalized spacial score (nSPS) is 14.5. The summed E-state index contributed by atoms with van der Waals surface area (Å²) in [4.78, 5) is 21.6. The molecule has 0 bridgehead atoms. The summed E-state index contributed by atoms with van der Waals surface area (Å²) >= 11 is 0. The highest BCUT2D eigenvalue weighted by Gasteiger charge is 2.63. The highest BCUT2D eigenvalue weighted by molar-refractivity contribution is 7.45. The molecule has 0 rings (SSSR count). The Morgan fingerprint density at radius 3 is 1.21 bits per heavy atom. The third-order valence-electron chi connectivity index (χ3n) is 2.11. The first kappa shape index (κ1) is 25.7. The number of halogens is 9. The molecule has 0 aromatic heterocycles.